The van der Waals surface area contributed by atoms with Crippen molar-refractivity contribution in [1.82, 2.24) is 10.2 Å². The minimum Gasteiger partial charge on any atom is -0.387 e. The Morgan fingerprint density at radius 3 is 2.56 bits per heavy atom. The average molecular weight is 227 g/mol. The molecule has 0 spiro atoms. The molecule has 0 radical (unpaired) electrons. The fourth-order valence-electron chi connectivity index (χ4n) is 2.22. The number of nitrogens with two attached hydrogens (primary N) is 1. The summed E-state index contributed by atoms with van der Waals surface area (Å²) in [5.74, 6) is 0.0950. The molecule has 2 rings (SSSR count). The van der Waals surface area contributed by atoms with Gasteiger partial charge in [-0.2, -0.15) is 0 Å². The maximum atomic E-state index is 11.1. The van der Waals surface area contributed by atoms with Crippen LogP contribution in [0.3, 0.4) is 0 Å². The fourth-order valence-corrected chi connectivity index (χ4v) is 2.22. The highest BCUT2D eigenvalue weighted by molar-refractivity contribution is 5.93. The van der Waals surface area contributed by atoms with Crippen molar-refractivity contribution in [2.45, 2.75) is 24.9 Å². The number of β-amino-alcohol motifs (C(OH)–C–C–N with tert-alkyl or cyclic N) is 1. The number of carbonyl (C=O) groups excluding carboxylic acids is 2. The standard InChI is InChI=1S/C10H17N3O3/c11-9(15)12-8(14)3-4-13-5-10(16,6-13)7-1-2-7/h7,16H,1-6H2,(H3,11,12,14,15). The molecule has 0 unspecified atom stereocenters. The first kappa shape index (κ1) is 11.3. The molecule has 0 aromatic heterocycles. The van der Waals surface area contributed by atoms with Gasteiger partial charge in [0.1, 0.15) is 0 Å². The van der Waals surface area contributed by atoms with Crippen LogP contribution < -0.4 is 11.1 Å². The molecule has 4 N–H and O–H groups in total. The third-order valence-corrected chi connectivity index (χ3v) is 3.25. The van der Waals surface area contributed by atoms with Crippen LogP contribution in [0.5, 0.6) is 0 Å². The second-order valence-corrected chi connectivity index (χ2v) is 4.75. The topological polar surface area (TPSA) is 95.7 Å². The minimum atomic E-state index is -0.817. The maximum absolute atomic E-state index is 11.1. The molecule has 16 heavy (non-hydrogen) atoms. The van der Waals surface area contributed by atoms with E-state index in [1.165, 1.54) is 0 Å². The van der Waals surface area contributed by atoms with Crippen LogP contribution in [0, 0.1) is 5.92 Å². The molecule has 1 heterocycles. The molecule has 2 fully saturated rings. The quantitative estimate of drug-likeness (QED) is 0.575. The van der Waals surface area contributed by atoms with E-state index in [0.717, 1.165) is 12.8 Å². The smallest absolute Gasteiger partial charge is 0.318 e. The highest BCUT2D eigenvalue weighted by Gasteiger charge is 2.51. The van der Waals surface area contributed by atoms with E-state index < -0.39 is 11.6 Å². The predicted octanol–water partition coefficient (Wildman–Crippen LogP) is -0.972. The molecule has 3 amide bonds. The van der Waals surface area contributed by atoms with Crippen LogP contribution in [0.4, 0.5) is 4.79 Å². The Labute approximate surface area is 93.8 Å². The van der Waals surface area contributed by atoms with Gasteiger partial charge in [-0.25, -0.2) is 4.79 Å². The van der Waals surface area contributed by atoms with Crippen molar-refractivity contribution in [1.29, 1.82) is 0 Å². The van der Waals surface area contributed by atoms with Gasteiger partial charge in [0.15, 0.2) is 0 Å². The van der Waals surface area contributed by atoms with Crippen LogP contribution in [0.2, 0.25) is 0 Å². The summed E-state index contributed by atoms with van der Waals surface area (Å²) in [7, 11) is 0. The first-order valence-electron chi connectivity index (χ1n) is 5.54. The zero-order valence-corrected chi connectivity index (χ0v) is 9.11. The zero-order valence-electron chi connectivity index (χ0n) is 9.11. The third-order valence-electron chi connectivity index (χ3n) is 3.25. The lowest BCUT2D eigenvalue weighted by Crippen LogP contribution is -2.63. The van der Waals surface area contributed by atoms with Crippen molar-refractivity contribution >= 4 is 11.9 Å². The lowest BCUT2D eigenvalue weighted by atomic mass is 9.88. The Morgan fingerprint density at radius 2 is 2.06 bits per heavy atom. The van der Waals surface area contributed by atoms with E-state index in [2.05, 4.69) is 0 Å². The first-order valence-corrected chi connectivity index (χ1v) is 5.54. The van der Waals surface area contributed by atoms with Gasteiger partial charge < -0.3 is 10.8 Å². The summed E-state index contributed by atoms with van der Waals surface area (Å²) in [6.07, 6.45) is 2.47. The normalized spacial score (nSPS) is 23.6. The molecule has 0 bridgehead atoms. The van der Waals surface area contributed by atoms with Crippen LogP contribution in [-0.2, 0) is 4.79 Å². The summed E-state index contributed by atoms with van der Waals surface area (Å²) < 4.78 is 0. The molecule has 0 atom stereocenters. The van der Waals surface area contributed by atoms with E-state index in [1.54, 1.807) is 0 Å². The van der Waals surface area contributed by atoms with E-state index >= 15 is 0 Å². The van der Waals surface area contributed by atoms with E-state index in [-0.39, 0.29) is 12.3 Å². The zero-order chi connectivity index (χ0) is 11.8. The number of nitrogens with zero attached hydrogens (tertiary/aromatic N) is 1. The lowest BCUT2D eigenvalue weighted by Gasteiger charge is -2.47. The predicted molar refractivity (Wildman–Crippen MR) is 56.5 cm³/mol. The van der Waals surface area contributed by atoms with Gasteiger partial charge in [-0.1, -0.05) is 0 Å². The highest BCUT2D eigenvalue weighted by atomic mass is 16.3. The third kappa shape index (κ3) is 2.51. The van der Waals surface area contributed by atoms with Crippen LogP contribution in [0.25, 0.3) is 0 Å². The van der Waals surface area contributed by atoms with E-state index in [9.17, 15) is 14.7 Å². The van der Waals surface area contributed by atoms with Gasteiger partial charge in [0, 0.05) is 26.1 Å². The fraction of sp³-hybridized carbons (Fsp3) is 0.800. The van der Waals surface area contributed by atoms with E-state index in [1.807, 2.05) is 10.2 Å². The monoisotopic (exact) mass is 227 g/mol. The number of primary amides is 1. The number of amides is 3. The van der Waals surface area contributed by atoms with Gasteiger partial charge >= 0.3 is 6.03 Å². The van der Waals surface area contributed by atoms with Crippen molar-refractivity contribution in [2.24, 2.45) is 11.7 Å². The molecule has 6 heteroatoms. The van der Waals surface area contributed by atoms with Crippen LogP contribution in [0.1, 0.15) is 19.3 Å². The maximum Gasteiger partial charge on any atom is 0.318 e. The molecular weight excluding hydrogens is 210 g/mol. The summed E-state index contributed by atoms with van der Waals surface area (Å²) in [4.78, 5) is 23.5. The molecule has 1 aliphatic carbocycles. The van der Waals surface area contributed by atoms with Crippen LogP contribution in [0.15, 0.2) is 0 Å². The Balaban J connectivity index is 1.62. The van der Waals surface area contributed by atoms with Gasteiger partial charge in [-0.05, 0) is 18.8 Å². The molecule has 1 saturated heterocycles. The number of nitrogens with one attached hydrogen (secondary N) is 1. The number of imide groups is 1. The molecule has 1 aliphatic heterocycles. The second-order valence-electron chi connectivity index (χ2n) is 4.75. The second kappa shape index (κ2) is 4.03. The number of hydrogen-bond donors (Lipinski definition) is 3. The minimum absolute atomic E-state index is 0.240. The van der Waals surface area contributed by atoms with E-state index in [0.29, 0.717) is 25.6 Å². The first-order chi connectivity index (χ1) is 7.49. The molecule has 1 saturated carbocycles. The van der Waals surface area contributed by atoms with Crippen molar-refractivity contribution < 1.29 is 14.7 Å². The van der Waals surface area contributed by atoms with Gasteiger partial charge in [0.25, 0.3) is 0 Å². The Kier molecular flexibility index (Phi) is 2.86. The molecular formula is C10H17N3O3. The number of carbonyl (C=O) groups is 2. The SMILES string of the molecule is NC(=O)NC(=O)CCN1CC(O)(C2CC2)C1. The molecule has 2 aliphatic rings. The van der Waals surface area contributed by atoms with Gasteiger partial charge in [-0.3, -0.25) is 15.0 Å². The average Bonchev–Trinajstić information content (AvgIpc) is 2.92. The van der Waals surface area contributed by atoms with Gasteiger partial charge in [-0.15, -0.1) is 0 Å². The highest BCUT2D eigenvalue weighted by Crippen LogP contribution is 2.44. The van der Waals surface area contributed by atoms with Crippen LogP contribution >= 0.6 is 0 Å². The van der Waals surface area contributed by atoms with Crippen molar-refractivity contribution in [3.63, 3.8) is 0 Å². The number of rotatable bonds is 4. The van der Waals surface area contributed by atoms with Crippen LogP contribution in [-0.4, -0.2) is 47.2 Å². The number of likely N-dealkylation sites (tertiary alicyclic amines) is 1. The largest absolute Gasteiger partial charge is 0.387 e. The number of urea groups is 1. The Morgan fingerprint density at radius 1 is 1.44 bits per heavy atom. The van der Waals surface area contributed by atoms with Crippen molar-refractivity contribution in [3.8, 4) is 0 Å². The molecule has 0 aromatic carbocycles. The van der Waals surface area contributed by atoms with E-state index in [4.69, 9.17) is 5.73 Å². The summed E-state index contributed by atoms with van der Waals surface area (Å²) in [5.41, 5.74) is 4.30. The van der Waals surface area contributed by atoms with Gasteiger partial charge in [0.05, 0.1) is 5.60 Å². The molecule has 0 aromatic rings. The Hall–Kier alpha value is -1.14. The van der Waals surface area contributed by atoms with Gasteiger partial charge in [0.2, 0.25) is 5.91 Å². The summed E-state index contributed by atoms with van der Waals surface area (Å²) >= 11 is 0. The summed E-state index contributed by atoms with van der Waals surface area (Å²) in [6.45, 7) is 1.84. The number of aliphatic hydroxyl groups is 1. The molecule has 6 nitrogen and oxygen atoms in total. The van der Waals surface area contributed by atoms with Crippen molar-refractivity contribution in [2.75, 3.05) is 19.6 Å². The summed E-state index contributed by atoms with van der Waals surface area (Å²) in [5, 5.41) is 12.0. The lowest BCUT2D eigenvalue weighted by molar-refractivity contribution is -0.127. The summed E-state index contributed by atoms with van der Waals surface area (Å²) in [6, 6.07) is -0.817. The van der Waals surface area contributed by atoms with Crippen molar-refractivity contribution in [3.05, 3.63) is 0 Å². The number of hydrogen-bond acceptors (Lipinski definition) is 4. The molecule has 90 valence electrons. The Bertz CT molecular complexity index is 308.